The molecule has 0 bridgehead atoms. The Balaban J connectivity index is 2.73. The van der Waals surface area contributed by atoms with Gasteiger partial charge in [0.1, 0.15) is 24.1 Å². The fraction of sp³-hybridized carbons (Fsp3) is 0.333. The van der Waals surface area contributed by atoms with Crippen LogP contribution < -0.4 is 21.1 Å². The predicted octanol–water partition coefficient (Wildman–Crippen LogP) is -0.538. The summed E-state index contributed by atoms with van der Waals surface area (Å²) in [5, 5.41) is 22.2. The van der Waals surface area contributed by atoms with Crippen LogP contribution in [0.2, 0.25) is 0 Å². The molecule has 0 radical (unpaired) electrons. The van der Waals surface area contributed by atoms with Crippen molar-refractivity contribution in [3.63, 3.8) is 0 Å². The fourth-order valence-corrected chi connectivity index (χ4v) is 2.57. The van der Waals surface area contributed by atoms with Crippen molar-refractivity contribution in [2.75, 3.05) is 6.61 Å². The average Bonchev–Trinajstić information content (AvgIpc) is 2.76. The largest absolute Gasteiger partial charge is 0.484 e. The summed E-state index contributed by atoms with van der Waals surface area (Å²) in [6.45, 7) is -0.487. The Morgan fingerprint density at radius 1 is 0.939 bits per heavy atom. The maximum absolute atomic E-state index is 12.5. The fourth-order valence-electron chi connectivity index (χ4n) is 2.57. The van der Waals surface area contributed by atoms with Gasteiger partial charge in [-0.3, -0.25) is 28.8 Å². The number of carboxylic acids is 2. The maximum atomic E-state index is 12.5. The SMILES string of the molecule is NC(=O)[C@H](CCC(=O)O)NC(=O)[C@H](CCC(=O)O)NC(=O)COc1ccc(/C=C/C=O)cc1. The van der Waals surface area contributed by atoms with Gasteiger partial charge in [-0.15, -0.1) is 0 Å². The first-order valence-corrected chi connectivity index (χ1v) is 9.79. The molecule has 6 N–H and O–H groups in total. The van der Waals surface area contributed by atoms with Crippen LogP contribution in [0.5, 0.6) is 5.75 Å². The van der Waals surface area contributed by atoms with E-state index in [0.717, 1.165) is 5.56 Å². The van der Waals surface area contributed by atoms with Crippen molar-refractivity contribution in [1.29, 1.82) is 0 Å². The maximum Gasteiger partial charge on any atom is 0.303 e. The monoisotopic (exact) mass is 463 g/mol. The van der Waals surface area contributed by atoms with Crippen molar-refractivity contribution in [2.24, 2.45) is 5.73 Å². The minimum absolute atomic E-state index is 0.267. The van der Waals surface area contributed by atoms with Crippen molar-refractivity contribution >= 4 is 42.0 Å². The highest BCUT2D eigenvalue weighted by molar-refractivity contribution is 5.92. The smallest absolute Gasteiger partial charge is 0.303 e. The highest BCUT2D eigenvalue weighted by Gasteiger charge is 2.26. The van der Waals surface area contributed by atoms with Crippen LogP contribution in [0.15, 0.2) is 30.3 Å². The van der Waals surface area contributed by atoms with Gasteiger partial charge in [0.2, 0.25) is 11.8 Å². The first kappa shape index (κ1) is 26.8. The van der Waals surface area contributed by atoms with Gasteiger partial charge >= 0.3 is 11.9 Å². The van der Waals surface area contributed by atoms with E-state index in [1.54, 1.807) is 30.3 Å². The summed E-state index contributed by atoms with van der Waals surface area (Å²) in [6.07, 6.45) is 2.08. The number of rotatable bonds is 15. The highest BCUT2D eigenvalue weighted by atomic mass is 16.5. The summed E-state index contributed by atoms with van der Waals surface area (Å²) in [5.74, 6) is -4.66. The van der Waals surface area contributed by atoms with E-state index in [4.69, 9.17) is 20.7 Å². The molecule has 2 atom stereocenters. The number of carbonyl (C=O) groups excluding carboxylic acids is 4. The molecule has 1 aromatic rings. The van der Waals surface area contributed by atoms with Crippen molar-refractivity contribution < 1.29 is 43.7 Å². The molecular weight excluding hydrogens is 438 g/mol. The number of hydrogen-bond acceptors (Lipinski definition) is 7. The topological polar surface area (TPSA) is 202 Å². The van der Waals surface area contributed by atoms with Crippen LogP contribution in [0.3, 0.4) is 0 Å². The van der Waals surface area contributed by atoms with Crippen LogP contribution in [0.25, 0.3) is 6.08 Å². The van der Waals surface area contributed by atoms with E-state index >= 15 is 0 Å². The third kappa shape index (κ3) is 11.1. The van der Waals surface area contributed by atoms with Gasteiger partial charge in [-0.2, -0.15) is 0 Å². The summed E-state index contributed by atoms with van der Waals surface area (Å²) in [6, 6.07) is 3.80. The van der Waals surface area contributed by atoms with Crippen LogP contribution in [0.1, 0.15) is 31.2 Å². The Morgan fingerprint density at radius 2 is 1.52 bits per heavy atom. The van der Waals surface area contributed by atoms with Crippen molar-refractivity contribution in [3.05, 3.63) is 35.9 Å². The van der Waals surface area contributed by atoms with Crippen molar-refractivity contribution in [3.8, 4) is 5.75 Å². The molecule has 0 unspecified atom stereocenters. The standard InChI is InChI=1S/C21H25N3O9/c22-20(31)15(7-9-18(27)28)24-21(32)16(8-10-19(29)30)23-17(26)12-33-14-5-3-13(4-6-14)2-1-11-25/h1-6,11,15-16H,7-10,12H2,(H2,22,31)(H,23,26)(H,24,32)(H,27,28)(H,29,30)/b2-1+/t15-,16-/m0/s1. The van der Waals surface area contributed by atoms with E-state index in [1.165, 1.54) is 6.08 Å². The second-order valence-corrected chi connectivity index (χ2v) is 6.80. The lowest BCUT2D eigenvalue weighted by Crippen LogP contribution is -2.53. The number of aldehydes is 1. The number of carboxylic acid groups (broad SMARTS) is 2. The number of carbonyl (C=O) groups is 6. The quantitative estimate of drug-likeness (QED) is 0.167. The lowest BCUT2D eigenvalue weighted by Gasteiger charge is -2.21. The number of amides is 3. The van der Waals surface area contributed by atoms with Gasteiger partial charge in [-0.05, 0) is 36.6 Å². The van der Waals surface area contributed by atoms with Gasteiger partial charge in [0.05, 0.1) is 0 Å². The minimum atomic E-state index is -1.32. The third-order valence-corrected chi connectivity index (χ3v) is 4.22. The molecule has 1 rings (SSSR count). The normalized spacial score (nSPS) is 12.4. The van der Waals surface area contributed by atoms with E-state index in [1.807, 2.05) is 0 Å². The number of ether oxygens (including phenoxy) is 1. The highest BCUT2D eigenvalue weighted by Crippen LogP contribution is 2.13. The zero-order valence-corrected chi connectivity index (χ0v) is 17.6. The van der Waals surface area contributed by atoms with E-state index in [-0.39, 0.29) is 12.8 Å². The number of hydrogen-bond donors (Lipinski definition) is 5. The molecule has 0 fully saturated rings. The average molecular weight is 463 g/mol. The second-order valence-electron chi connectivity index (χ2n) is 6.80. The van der Waals surface area contributed by atoms with Crippen molar-refractivity contribution in [2.45, 2.75) is 37.8 Å². The summed E-state index contributed by atoms with van der Waals surface area (Å²) in [5.41, 5.74) is 5.91. The van der Waals surface area contributed by atoms with Crippen LogP contribution in [-0.2, 0) is 28.8 Å². The third-order valence-electron chi connectivity index (χ3n) is 4.22. The molecule has 12 nitrogen and oxygen atoms in total. The van der Waals surface area contributed by atoms with Crippen molar-refractivity contribution in [1.82, 2.24) is 10.6 Å². The first-order chi connectivity index (χ1) is 15.6. The van der Waals surface area contributed by atoms with E-state index in [9.17, 15) is 28.8 Å². The number of allylic oxidation sites excluding steroid dienone is 1. The predicted molar refractivity (Wildman–Crippen MR) is 114 cm³/mol. The van der Waals surface area contributed by atoms with Gasteiger partial charge in [-0.1, -0.05) is 18.2 Å². The lowest BCUT2D eigenvalue weighted by molar-refractivity contribution is -0.139. The number of primary amides is 1. The molecular formula is C21H25N3O9. The zero-order valence-electron chi connectivity index (χ0n) is 17.6. The summed E-state index contributed by atoms with van der Waals surface area (Å²) in [7, 11) is 0. The van der Waals surface area contributed by atoms with Gasteiger partial charge < -0.3 is 31.3 Å². The summed E-state index contributed by atoms with van der Waals surface area (Å²) >= 11 is 0. The second kappa shape index (κ2) is 14.0. The molecule has 12 heteroatoms. The van der Waals surface area contributed by atoms with Gasteiger partial charge in [0.25, 0.3) is 5.91 Å². The Hall–Kier alpha value is -4.22. The molecule has 0 heterocycles. The van der Waals surface area contributed by atoms with E-state index in [0.29, 0.717) is 12.0 Å². The molecule has 0 spiro atoms. The number of benzene rings is 1. The van der Waals surface area contributed by atoms with E-state index in [2.05, 4.69) is 10.6 Å². The lowest BCUT2D eigenvalue weighted by atomic mass is 10.1. The Bertz CT molecular complexity index is 897. The molecule has 0 aromatic heterocycles. The number of nitrogens with two attached hydrogens (primary N) is 1. The molecule has 0 aliphatic rings. The Labute approximate surface area is 188 Å². The Morgan fingerprint density at radius 3 is 2.03 bits per heavy atom. The molecule has 0 aliphatic carbocycles. The van der Waals surface area contributed by atoms with Crippen LogP contribution >= 0.6 is 0 Å². The van der Waals surface area contributed by atoms with Crippen LogP contribution in [0, 0.1) is 0 Å². The minimum Gasteiger partial charge on any atom is -0.484 e. The van der Waals surface area contributed by atoms with Gasteiger partial charge in [-0.25, -0.2) is 0 Å². The first-order valence-electron chi connectivity index (χ1n) is 9.79. The molecule has 0 saturated carbocycles. The van der Waals surface area contributed by atoms with Crippen LogP contribution in [-0.4, -0.2) is 64.8 Å². The summed E-state index contributed by atoms with van der Waals surface area (Å²) in [4.78, 5) is 68.2. The Kier molecular flexibility index (Phi) is 11.3. The van der Waals surface area contributed by atoms with E-state index < -0.39 is 61.2 Å². The van der Waals surface area contributed by atoms with Gasteiger partial charge in [0.15, 0.2) is 6.61 Å². The van der Waals surface area contributed by atoms with Crippen LogP contribution in [0.4, 0.5) is 0 Å². The molecule has 1 aromatic carbocycles. The molecule has 33 heavy (non-hydrogen) atoms. The number of nitrogens with one attached hydrogen (secondary N) is 2. The molecule has 178 valence electrons. The molecule has 0 aliphatic heterocycles. The zero-order chi connectivity index (χ0) is 24.8. The molecule has 0 saturated heterocycles. The summed E-state index contributed by atoms with van der Waals surface area (Å²) < 4.78 is 5.32. The van der Waals surface area contributed by atoms with Gasteiger partial charge in [0, 0.05) is 12.8 Å². The molecule has 3 amide bonds. The number of aliphatic carboxylic acids is 2.